The van der Waals surface area contributed by atoms with Crippen LogP contribution in [-0.4, -0.2) is 23.1 Å². The van der Waals surface area contributed by atoms with E-state index in [4.69, 9.17) is 5.73 Å². The second-order valence-electron chi connectivity index (χ2n) is 3.63. The molecule has 0 spiro atoms. The maximum atomic E-state index is 5.54. The van der Waals surface area contributed by atoms with Gasteiger partial charge >= 0.3 is 0 Å². The fourth-order valence-electron chi connectivity index (χ4n) is 1.22. The van der Waals surface area contributed by atoms with Gasteiger partial charge in [0.25, 0.3) is 0 Å². The summed E-state index contributed by atoms with van der Waals surface area (Å²) in [4.78, 5) is 8.02. The minimum Gasteiger partial charge on any atom is -0.369 e. The zero-order valence-corrected chi connectivity index (χ0v) is 10.5. The van der Waals surface area contributed by atoms with Crippen molar-refractivity contribution < 1.29 is 0 Å². The van der Waals surface area contributed by atoms with Gasteiger partial charge in [-0.15, -0.1) is 0 Å². The molecule has 1 unspecified atom stereocenters. The van der Waals surface area contributed by atoms with E-state index >= 15 is 0 Å². The summed E-state index contributed by atoms with van der Waals surface area (Å²) < 4.78 is 0.900. The summed E-state index contributed by atoms with van der Waals surface area (Å²) in [5.74, 6) is 1.45. The highest BCUT2D eigenvalue weighted by atomic mass is 79.9. The summed E-state index contributed by atoms with van der Waals surface area (Å²) in [6, 6.07) is 0. The maximum absolute atomic E-state index is 5.54. The summed E-state index contributed by atoms with van der Waals surface area (Å²) in [6.07, 6.45) is 5.52. The van der Waals surface area contributed by atoms with Crippen LogP contribution in [0.4, 0.5) is 5.82 Å². The molecule has 0 aliphatic heterocycles. The Bertz CT molecular complexity index is 293. The van der Waals surface area contributed by atoms with Gasteiger partial charge in [-0.05, 0) is 41.2 Å². The van der Waals surface area contributed by atoms with Crippen LogP contribution in [0.2, 0.25) is 0 Å². The van der Waals surface area contributed by atoms with Crippen molar-refractivity contribution >= 4 is 21.7 Å². The molecule has 5 heteroatoms. The van der Waals surface area contributed by atoms with Crippen molar-refractivity contribution in [2.45, 2.75) is 19.8 Å². The van der Waals surface area contributed by atoms with E-state index in [1.807, 2.05) is 0 Å². The number of hydrogen-bond donors (Lipinski definition) is 2. The van der Waals surface area contributed by atoms with E-state index < -0.39 is 0 Å². The molecule has 1 aromatic rings. The number of anilines is 1. The molecule has 84 valence electrons. The quantitative estimate of drug-likeness (QED) is 0.778. The molecule has 0 aromatic carbocycles. The SMILES string of the molecule is CC(CN)CCCNc1ncncc1Br. The largest absolute Gasteiger partial charge is 0.369 e. The molecular formula is C10H17BrN4. The van der Waals surface area contributed by atoms with Crippen LogP contribution in [0.3, 0.4) is 0 Å². The minimum absolute atomic E-state index is 0.598. The van der Waals surface area contributed by atoms with Crippen LogP contribution in [0.1, 0.15) is 19.8 Å². The first-order valence-corrected chi connectivity index (χ1v) is 5.92. The third-order valence-corrected chi connectivity index (χ3v) is 2.82. The third kappa shape index (κ3) is 4.57. The summed E-state index contributed by atoms with van der Waals surface area (Å²) in [5.41, 5.74) is 5.54. The van der Waals surface area contributed by atoms with Gasteiger partial charge in [0, 0.05) is 12.7 Å². The van der Waals surface area contributed by atoms with Crippen molar-refractivity contribution in [2.75, 3.05) is 18.4 Å². The van der Waals surface area contributed by atoms with Gasteiger partial charge in [-0.3, -0.25) is 0 Å². The fourth-order valence-corrected chi connectivity index (χ4v) is 1.58. The number of aromatic nitrogens is 2. The van der Waals surface area contributed by atoms with Gasteiger partial charge in [-0.1, -0.05) is 6.92 Å². The number of nitrogens with one attached hydrogen (secondary N) is 1. The predicted octanol–water partition coefficient (Wildman–Crippen LogP) is 2.03. The lowest BCUT2D eigenvalue weighted by Crippen LogP contribution is -2.12. The third-order valence-electron chi connectivity index (χ3n) is 2.24. The van der Waals surface area contributed by atoms with Crippen LogP contribution >= 0.6 is 15.9 Å². The molecule has 0 aliphatic rings. The molecule has 0 fully saturated rings. The first-order chi connectivity index (χ1) is 7.24. The summed E-state index contributed by atoms with van der Waals surface area (Å²) in [5, 5.41) is 3.25. The van der Waals surface area contributed by atoms with Gasteiger partial charge in [0.2, 0.25) is 0 Å². The summed E-state index contributed by atoms with van der Waals surface area (Å²) >= 11 is 3.38. The molecule has 1 rings (SSSR count). The van der Waals surface area contributed by atoms with Crippen molar-refractivity contribution in [3.8, 4) is 0 Å². The number of rotatable bonds is 6. The van der Waals surface area contributed by atoms with Gasteiger partial charge < -0.3 is 11.1 Å². The fraction of sp³-hybridized carbons (Fsp3) is 0.600. The lowest BCUT2D eigenvalue weighted by Gasteiger charge is -2.09. The molecule has 1 heterocycles. The normalized spacial score (nSPS) is 12.5. The van der Waals surface area contributed by atoms with Crippen LogP contribution in [0.5, 0.6) is 0 Å². The second-order valence-corrected chi connectivity index (χ2v) is 4.48. The van der Waals surface area contributed by atoms with E-state index in [1.165, 1.54) is 6.33 Å². The highest BCUT2D eigenvalue weighted by molar-refractivity contribution is 9.10. The van der Waals surface area contributed by atoms with Crippen LogP contribution in [0.25, 0.3) is 0 Å². The molecule has 0 saturated carbocycles. The van der Waals surface area contributed by atoms with Crippen molar-refractivity contribution in [1.29, 1.82) is 0 Å². The van der Waals surface area contributed by atoms with Gasteiger partial charge in [-0.2, -0.15) is 0 Å². The molecule has 3 N–H and O–H groups in total. The molecule has 0 amide bonds. The average molecular weight is 273 g/mol. The molecule has 4 nitrogen and oxygen atoms in total. The van der Waals surface area contributed by atoms with Crippen LogP contribution in [-0.2, 0) is 0 Å². The number of halogens is 1. The van der Waals surface area contributed by atoms with Crippen molar-refractivity contribution in [3.05, 3.63) is 17.0 Å². The number of nitrogens with two attached hydrogens (primary N) is 1. The first-order valence-electron chi connectivity index (χ1n) is 5.13. The average Bonchev–Trinajstić information content (AvgIpc) is 2.26. The van der Waals surface area contributed by atoms with Crippen LogP contribution in [0, 0.1) is 5.92 Å². The monoisotopic (exact) mass is 272 g/mol. The Labute approximate surface area is 98.8 Å². The number of nitrogens with zero attached hydrogens (tertiary/aromatic N) is 2. The Balaban J connectivity index is 2.23. The highest BCUT2D eigenvalue weighted by Crippen LogP contribution is 2.17. The van der Waals surface area contributed by atoms with Gasteiger partial charge in [-0.25, -0.2) is 9.97 Å². The smallest absolute Gasteiger partial charge is 0.143 e. The standard InChI is InChI=1S/C10H17BrN4/c1-8(5-12)3-2-4-14-10-9(11)6-13-7-15-10/h6-8H,2-5,12H2,1H3,(H,13,14,15). The Kier molecular flexibility index (Phi) is 5.57. The molecule has 0 radical (unpaired) electrons. The molecule has 0 saturated heterocycles. The van der Waals surface area contributed by atoms with E-state index in [1.54, 1.807) is 6.20 Å². The molecule has 0 bridgehead atoms. The second kappa shape index (κ2) is 6.74. The minimum atomic E-state index is 0.598. The van der Waals surface area contributed by atoms with Crippen LogP contribution < -0.4 is 11.1 Å². The molecule has 1 atom stereocenters. The van der Waals surface area contributed by atoms with Crippen molar-refractivity contribution in [2.24, 2.45) is 11.7 Å². The van der Waals surface area contributed by atoms with E-state index in [9.17, 15) is 0 Å². The maximum Gasteiger partial charge on any atom is 0.143 e. The first kappa shape index (κ1) is 12.4. The van der Waals surface area contributed by atoms with E-state index in [-0.39, 0.29) is 0 Å². The topological polar surface area (TPSA) is 63.8 Å². The Morgan fingerprint density at radius 2 is 2.40 bits per heavy atom. The zero-order valence-electron chi connectivity index (χ0n) is 8.91. The summed E-state index contributed by atoms with van der Waals surface area (Å²) in [6.45, 7) is 3.84. The predicted molar refractivity (Wildman–Crippen MR) is 65.7 cm³/mol. The zero-order chi connectivity index (χ0) is 11.1. The van der Waals surface area contributed by atoms with E-state index in [0.717, 1.165) is 36.2 Å². The Morgan fingerprint density at radius 3 is 3.07 bits per heavy atom. The van der Waals surface area contributed by atoms with Crippen molar-refractivity contribution in [1.82, 2.24) is 9.97 Å². The lowest BCUT2D eigenvalue weighted by molar-refractivity contribution is 0.529. The van der Waals surface area contributed by atoms with Gasteiger partial charge in [0.15, 0.2) is 0 Å². The number of hydrogen-bond acceptors (Lipinski definition) is 4. The molecular weight excluding hydrogens is 256 g/mol. The van der Waals surface area contributed by atoms with E-state index in [0.29, 0.717) is 5.92 Å². The van der Waals surface area contributed by atoms with Gasteiger partial charge in [0.1, 0.15) is 12.1 Å². The Hall–Kier alpha value is -0.680. The molecule has 0 aliphatic carbocycles. The molecule has 1 aromatic heterocycles. The summed E-state index contributed by atoms with van der Waals surface area (Å²) in [7, 11) is 0. The van der Waals surface area contributed by atoms with Crippen molar-refractivity contribution in [3.63, 3.8) is 0 Å². The van der Waals surface area contributed by atoms with E-state index in [2.05, 4.69) is 38.1 Å². The lowest BCUT2D eigenvalue weighted by atomic mass is 10.1. The van der Waals surface area contributed by atoms with Crippen LogP contribution in [0.15, 0.2) is 17.0 Å². The Morgan fingerprint density at radius 1 is 1.60 bits per heavy atom. The molecule has 15 heavy (non-hydrogen) atoms. The van der Waals surface area contributed by atoms with Gasteiger partial charge in [0.05, 0.1) is 4.47 Å². The highest BCUT2D eigenvalue weighted by Gasteiger charge is 2.01.